The maximum Gasteiger partial charge on any atom is 0.129 e. The van der Waals surface area contributed by atoms with Gasteiger partial charge in [-0.05, 0) is 42.3 Å². The smallest absolute Gasteiger partial charge is 0.129 e. The van der Waals surface area contributed by atoms with Gasteiger partial charge in [0.05, 0.1) is 0 Å². The molecule has 0 aromatic heterocycles. The molecule has 0 saturated heterocycles. The standard InChI is InChI=1S/C15H15F3N2S/c16-11-3-5-14(6-4-11)21-9-13(20-19)7-10-1-2-12(17)8-15(10)18/h1-6,8,13,20H,7,9,19H2. The molecule has 0 saturated carbocycles. The van der Waals surface area contributed by atoms with Gasteiger partial charge < -0.3 is 0 Å². The Bertz CT molecular complexity index is 590. The van der Waals surface area contributed by atoms with Gasteiger partial charge in [-0.2, -0.15) is 0 Å². The van der Waals surface area contributed by atoms with E-state index in [2.05, 4.69) is 5.43 Å². The van der Waals surface area contributed by atoms with Gasteiger partial charge in [0.2, 0.25) is 0 Å². The molecule has 1 unspecified atom stereocenters. The molecule has 0 fully saturated rings. The van der Waals surface area contributed by atoms with Crippen molar-refractivity contribution in [3.8, 4) is 0 Å². The van der Waals surface area contributed by atoms with E-state index < -0.39 is 11.6 Å². The van der Waals surface area contributed by atoms with Gasteiger partial charge in [-0.15, -0.1) is 11.8 Å². The molecule has 2 aromatic rings. The topological polar surface area (TPSA) is 38.0 Å². The van der Waals surface area contributed by atoms with Crippen molar-refractivity contribution < 1.29 is 13.2 Å². The van der Waals surface area contributed by atoms with E-state index in [-0.39, 0.29) is 11.9 Å². The molecule has 21 heavy (non-hydrogen) atoms. The summed E-state index contributed by atoms with van der Waals surface area (Å²) in [6, 6.07) is 9.42. The fourth-order valence-corrected chi connectivity index (χ4v) is 2.78. The van der Waals surface area contributed by atoms with E-state index in [1.165, 1.54) is 36.0 Å². The molecular weight excluding hydrogens is 297 g/mol. The monoisotopic (exact) mass is 312 g/mol. The summed E-state index contributed by atoms with van der Waals surface area (Å²) in [7, 11) is 0. The van der Waals surface area contributed by atoms with Crippen LogP contribution in [0.2, 0.25) is 0 Å². The molecule has 0 aliphatic heterocycles. The highest BCUT2D eigenvalue weighted by Gasteiger charge is 2.12. The summed E-state index contributed by atoms with van der Waals surface area (Å²) >= 11 is 1.48. The first-order valence-corrected chi connectivity index (χ1v) is 7.35. The van der Waals surface area contributed by atoms with Gasteiger partial charge in [0.1, 0.15) is 17.5 Å². The zero-order valence-electron chi connectivity index (χ0n) is 11.2. The van der Waals surface area contributed by atoms with Crippen molar-refractivity contribution in [1.29, 1.82) is 0 Å². The summed E-state index contributed by atoms with van der Waals surface area (Å²) < 4.78 is 39.3. The largest absolute Gasteiger partial charge is 0.271 e. The Labute approximate surface area is 125 Å². The van der Waals surface area contributed by atoms with Crippen LogP contribution in [0.15, 0.2) is 47.4 Å². The summed E-state index contributed by atoms with van der Waals surface area (Å²) in [5.41, 5.74) is 3.02. The minimum absolute atomic E-state index is 0.181. The highest BCUT2D eigenvalue weighted by molar-refractivity contribution is 7.99. The molecule has 6 heteroatoms. The van der Waals surface area contributed by atoms with Crippen molar-refractivity contribution >= 4 is 11.8 Å². The van der Waals surface area contributed by atoms with Crippen LogP contribution in [0.3, 0.4) is 0 Å². The lowest BCUT2D eigenvalue weighted by Crippen LogP contribution is -2.38. The highest BCUT2D eigenvalue weighted by Crippen LogP contribution is 2.20. The van der Waals surface area contributed by atoms with Crippen LogP contribution in [0.5, 0.6) is 0 Å². The molecule has 0 heterocycles. The van der Waals surface area contributed by atoms with Gasteiger partial charge in [-0.3, -0.25) is 11.3 Å². The Hall–Kier alpha value is -1.50. The fourth-order valence-electron chi connectivity index (χ4n) is 1.85. The Morgan fingerprint density at radius 3 is 2.29 bits per heavy atom. The van der Waals surface area contributed by atoms with Gasteiger partial charge in [0, 0.05) is 22.8 Å². The second kappa shape index (κ2) is 7.49. The summed E-state index contributed by atoms with van der Waals surface area (Å²) in [6.45, 7) is 0. The number of benzene rings is 2. The maximum atomic E-state index is 13.6. The first-order chi connectivity index (χ1) is 10.1. The van der Waals surface area contributed by atoms with Crippen molar-refractivity contribution in [2.75, 3.05) is 5.75 Å². The minimum Gasteiger partial charge on any atom is -0.271 e. The van der Waals surface area contributed by atoms with Crippen LogP contribution < -0.4 is 11.3 Å². The van der Waals surface area contributed by atoms with Crippen LogP contribution in [-0.4, -0.2) is 11.8 Å². The Morgan fingerprint density at radius 2 is 1.67 bits per heavy atom. The van der Waals surface area contributed by atoms with Crippen LogP contribution in [-0.2, 0) is 6.42 Å². The Kier molecular flexibility index (Phi) is 5.67. The molecule has 3 N–H and O–H groups in total. The van der Waals surface area contributed by atoms with Crippen molar-refractivity contribution in [3.63, 3.8) is 0 Å². The molecule has 0 radical (unpaired) electrons. The predicted molar refractivity (Wildman–Crippen MR) is 78.3 cm³/mol. The van der Waals surface area contributed by atoms with E-state index in [1.807, 2.05) is 0 Å². The van der Waals surface area contributed by atoms with Gasteiger partial charge in [-0.25, -0.2) is 13.2 Å². The zero-order chi connectivity index (χ0) is 15.2. The van der Waals surface area contributed by atoms with Crippen molar-refractivity contribution in [1.82, 2.24) is 5.43 Å². The second-order valence-corrected chi connectivity index (χ2v) is 5.66. The predicted octanol–water partition coefficient (Wildman–Crippen LogP) is 3.27. The van der Waals surface area contributed by atoms with Gasteiger partial charge in [-0.1, -0.05) is 6.07 Å². The molecule has 0 spiro atoms. The third-order valence-electron chi connectivity index (χ3n) is 2.98. The lowest BCUT2D eigenvalue weighted by molar-refractivity contribution is 0.536. The molecule has 0 aliphatic carbocycles. The molecule has 2 nitrogen and oxygen atoms in total. The quantitative estimate of drug-likeness (QED) is 0.488. The van der Waals surface area contributed by atoms with Crippen molar-refractivity contribution in [2.24, 2.45) is 5.84 Å². The van der Waals surface area contributed by atoms with Crippen molar-refractivity contribution in [2.45, 2.75) is 17.4 Å². The summed E-state index contributed by atoms with van der Waals surface area (Å²) in [4.78, 5) is 0.899. The number of hydrazine groups is 1. The molecule has 1 atom stereocenters. The van der Waals surface area contributed by atoms with E-state index >= 15 is 0 Å². The summed E-state index contributed by atoms with van der Waals surface area (Å²) in [5.74, 6) is 4.58. The Morgan fingerprint density at radius 1 is 1.00 bits per heavy atom. The number of rotatable bonds is 6. The number of hydrogen-bond acceptors (Lipinski definition) is 3. The summed E-state index contributed by atoms with van der Waals surface area (Å²) in [5, 5.41) is 0. The van der Waals surface area contributed by atoms with E-state index in [4.69, 9.17) is 5.84 Å². The number of nitrogens with one attached hydrogen (secondary N) is 1. The van der Waals surface area contributed by atoms with Gasteiger partial charge >= 0.3 is 0 Å². The lowest BCUT2D eigenvalue weighted by Gasteiger charge is -2.16. The van der Waals surface area contributed by atoms with Gasteiger partial charge in [0.25, 0.3) is 0 Å². The third kappa shape index (κ3) is 4.77. The normalized spacial score (nSPS) is 12.4. The summed E-state index contributed by atoms with van der Waals surface area (Å²) in [6.07, 6.45) is 0.344. The van der Waals surface area contributed by atoms with Crippen LogP contribution >= 0.6 is 11.8 Å². The number of nitrogens with two attached hydrogens (primary N) is 1. The first kappa shape index (κ1) is 15.9. The van der Waals surface area contributed by atoms with Crippen LogP contribution in [0, 0.1) is 17.5 Å². The molecule has 0 amide bonds. The van der Waals surface area contributed by atoms with Crippen LogP contribution in [0.4, 0.5) is 13.2 Å². The van der Waals surface area contributed by atoms with Crippen LogP contribution in [0.1, 0.15) is 5.56 Å². The molecule has 2 rings (SSSR count). The lowest BCUT2D eigenvalue weighted by atomic mass is 10.1. The number of thioether (sulfide) groups is 1. The average molecular weight is 312 g/mol. The maximum absolute atomic E-state index is 13.6. The zero-order valence-corrected chi connectivity index (χ0v) is 12.0. The first-order valence-electron chi connectivity index (χ1n) is 6.37. The van der Waals surface area contributed by atoms with E-state index in [9.17, 15) is 13.2 Å². The van der Waals surface area contributed by atoms with E-state index in [0.717, 1.165) is 11.0 Å². The molecule has 112 valence electrons. The third-order valence-corrected chi connectivity index (χ3v) is 4.16. The average Bonchev–Trinajstić information content (AvgIpc) is 2.47. The molecular formula is C15H15F3N2S. The second-order valence-electron chi connectivity index (χ2n) is 4.57. The van der Waals surface area contributed by atoms with Gasteiger partial charge in [0.15, 0.2) is 0 Å². The SMILES string of the molecule is NNC(CSc1ccc(F)cc1)Cc1ccc(F)cc1F. The number of halogens is 3. The highest BCUT2D eigenvalue weighted by atomic mass is 32.2. The van der Waals surface area contributed by atoms with E-state index in [1.54, 1.807) is 12.1 Å². The minimum atomic E-state index is -0.603. The molecule has 2 aromatic carbocycles. The fraction of sp³-hybridized carbons (Fsp3) is 0.200. The Balaban J connectivity index is 1.95. The number of hydrogen-bond donors (Lipinski definition) is 2. The van der Waals surface area contributed by atoms with Crippen molar-refractivity contribution in [3.05, 3.63) is 65.5 Å². The molecule has 0 bridgehead atoms. The molecule has 0 aliphatic rings. The van der Waals surface area contributed by atoms with E-state index in [0.29, 0.717) is 17.7 Å². The van der Waals surface area contributed by atoms with Crippen LogP contribution in [0.25, 0.3) is 0 Å².